The van der Waals surface area contributed by atoms with Crippen molar-refractivity contribution in [2.75, 3.05) is 0 Å². The van der Waals surface area contributed by atoms with E-state index in [0.29, 0.717) is 0 Å². The van der Waals surface area contributed by atoms with E-state index in [4.69, 9.17) is 0 Å². The van der Waals surface area contributed by atoms with Crippen LogP contribution in [-0.4, -0.2) is 0 Å². The highest BCUT2D eigenvalue weighted by molar-refractivity contribution is 4.81. The first kappa shape index (κ1) is 29.7. The van der Waals surface area contributed by atoms with Crippen LogP contribution in [0, 0.1) is 6.92 Å². The molecule has 0 N–H and O–H groups in total. The van der Waals surface area contributed by atoms with Crippen molar-refractivity contribution >= 4 is 0 Å². The molecule has 0 atom stereocenters. The molecule has 0 aromatic rings. The lowest BCUT2D eigenvalue weighted by atomic mass is 10.0. The second-order valence-corrected chi connectivity index (χ2v) is 9.68. The van der Waals surface area contributed by atoms with Crippen molar-refractivity contribution in [3.63, 3.8) is 0 Å². The second-order valence-electron chi connectivity index (χ2n) is 9.68. The van der Waals surface area contributed by atoms with Gasteiger partial charge in [0.1, 0.15) is 0 Å². The van der Waals surface area contributed by atoms with Crippen molar-refractivity contribution < 1.29 is 0 Å². The molecule has 0 bridgehead atoms. The Morgan fingerprint density at radius 3 is 0.933 bits per heavy atom. The predicted molar refractivity (Wildman–Crippen MR) is 140 cm³/mol. The van der Waals surface area contributed by atoms with Gasteiger partial charge in [-0.1, -0.05) is 167 Å². The molecular weight excluding hydrogens is 360 g/mol. The topological polar surface area (TPSA) is 0 Å². The quantitative estimate of drug-likeness (QED) is 0.0965. The molecule has 0 rings (SSSR count). The van der Waals surface area contributed by atoms with Gasteiger partial charge in [0.05, 0.1) is 0 Å². The Labute approximate surface area is 193 Å². The van der Waals surface area contributed by atoms with Gasteiger partial charge in [0.2, 0.25) is 0 Å². The lowest BCUT2D eigenvalue weighted by molar-refractivity contribution is 0.530. The Balaban J connectivity index is 3.05. The smallest absolute Gasteiger partial charge is 0.0351 e. The van der Waals surface area contributed by atoms with Gasteiger partial charge in [-0.05, 0) is 25.7 Å². The van der Waals surface area contributed by atoms with E-state index in [1.54, 1.807) is 0 Å². The van der Waals surface area contributed by atoms with Gasteiger partial charge in [0, 0.05) is 0 Å². The minimum absolute atomic E-state index is 1.12. The third-order valence-corrected chi connectivity index (χ3v) is 6.51. The van der Waals surface area contributed by atoms with Crippen molar-refractivity contribution in [2.24, 2.45) is 0 Å². The minimum Gasteiger partial charge on any atom is -0.0885 e. The molecule has 0 aliphatic carbocycles. The fourth-order valence-electron chi connectivity index (χ4n) is 4.37. The van der Waals surface area contributed by atoms with E-state index in [9.17, 15) is 0 Å². The van der Waals surface area contributed by atoms with Gasteiger partial charge in [-0.2, -0.15) is 0 Å². The summed E-state index contributed by atoms with van der Waals surface area (Å²) in [5.41, 5.74) is 0. The van der Waals surface area contributed by atoms with Gasteiger partial charge in [0.15, 0.2) is 0 Å². The monoisotopic (exact) mass is 419 g/mol. The number of allylic oxidation sites excluding steroid dienone is 2. The SMILES string of the molecule is [CH2]CCCCCCCCCC=CCCCCCCCCCCCCCCCCCC. The Morgan fingerprint density at radius 1 is 0.367 bits per heavy atom. The normalized spacial score (nSPS) is 11.7. The van der Waals surface area contributed by atoms with E-state index in [0.717, 1.165) is 6.42 Å². The lowest BCUT2D eigenvalue weighted by Gasteiger charge is -2.03. The molecule has 0 unspecified atom stereocenters. The third kappa shape index (κ3) is 27.7. The summed E-state index contributed by atoms with van der Waals surface area (Å²) in [4.78, 5) is 0. The third-order valence-electron chi connectivity index (χ3n) is 6.51. The van der Waals surface area contributed by atoms with Crippen LogP contribution >= 0.6 is 0 Å². The zero-order valence-electron chi connectivity index (χ0n) is 21.2. The van der Waals surface area contributed by atoms with E-state index in [2.05, 4.69) is 26.0 Å². The summed E-state index contributed by atoms with van der Waals surface area (Å²) >= 11 is 0. The van der Waals surface area contributed by atoms with Crippen LogP contribution in [0.25, 0.3) is 0 Å². The van der Waals surface area contributed by atoms with Crippen LogP contribution in [0.1, 0.15) is 174 Å². The van der Waals surface area contributed by atoms with Crippen molar-refractivity contribution in [3.05, 3.63) is 19.1 Å². The van der Waals surface area contributed by atoms with Crippen LogP contribution in [0.5, 0.6) is 0 Å². The number of unbranched alkanes of at least 4 members (excludes halogenated alkanes) is 24. The molecule has 0 aromatic heterocycles. The molecule has 1 radical (unpaired) electrons. The Hall–Kier alpha value is -0.260. The summed E-state index contributed by atoms with van der Waals surface area (Å²) in [6.07, 6.45) is 41.8. The number of hydrogen-bond donors (Lipinski definition) is 0. The van der Waals surface area contributed by atoms with Crippen molar-refractivity contribution in [2.45, 2.75) is 174 Å². The molecule has 0 nitrogen and oxygen atoms in total. The van der Waals surface area contributed by atoms with Crippen LogP contribution < -0.4 is 0 Å². The van der Waals surface area contributed by atoms with E-state index < -0.39 is 0 Å². The molecule has 0 aliphatic rings. The summed E-state index contributed by atoms with van der Waals surface area (Å²) in [5.74, 6) is 0. The molecule has 0 fully saturated rings. The highest BCUT2D eigenvalue weighted by Gasteiger charge is 1.94. The second kappa shape index (κ2) is 28.7. The first-order valence-corrected chi connectivity index (χ1v) is 14.4. The summed E-state index contributed by atoms with van der Waals surface area (Å²) in [5, 5.41) is 0. The van der Waals surface area contributed by atoms with E-state index in [-0.39, 0.29) is 0 Å². The molecule has 0 aliphatic heterocycles. The zero-order valence-corrected chi connectivity index (χ0v) is 21.2. The first-order valence-electron chi connectivity index (χ1n) is 14.4. The average molecular weight is 420 g/mol. The van der Waals surface area contributed by atoms with Gasteiger partial charge in [-0.25, -0.2) is 0 Å². The van der Waals surface area contributed by atoms with E-state index in [1.807, 2.05) is 0 Å². The van der Waals surface area contributed by atoms with Gasteiger partial charge in [-0.3, -0.25) is 0 Å². The zero-order chi connectivity index (χ0) is 21.8. The summed E-state index contributed by atoms with van der Waals surface area (Å²) in [6, 6.07) is 0. The molecule has 0 spiro atoms. The number of hydrogen-bond acceptors (Lipinski definition) is 0. The summed E-state index contributed by atoms with van der Waals surface area (Å²) in [6.45, 7) is 6.21. The largest absolute Gasteiger partial charge is 0.0885 e. The fourth-order valence-corrected chi connectivity index (χ4v) is 4.37. The molecular formula is C30H59. The highest BCUT2D eigenvalue weighted by Crippen LogP contribution is 2.14. The highest BCUT2D eigenvalue weighted by atomic mass is 14.0. The Kier molecular flexibility index (Phi) is 28.5. The lowest BCUT2D eigenvalue weighted by Crippen LogP contribution is -1.83. The molecule has 0 heterocycles. The van der Waals surface area contributed by atoms with E-state index >= 15 is 0 Å². The van der Waals surface area contributed by atoms with Crippen LogP contribution in [0.4, 0.5) is 0 Å². The van der Waals surface area contributed by atoms with Gasteiger partial charge in [0.25, 0.3) is 0 Å². The van der Waals surface area contributed by atoms with Crippen molar-refractivity contribution in [3.8, 4) is 0 Å². The average Bonchev–Trinajstić information content (AvgIpc) is 2.76. The molecule has 0 aromatic carbocycles. The Morgan fingerprint density at radius 2 is 0.633 bits per heavy atom. The van der Waals surface area contributed by atoms with Crippen LogP contribution in [-0.2, 0) is 0 Å². The summed E-state index contributed by atoms with van der Waals surface area (Å²) in [7, 11) is 0. The van der Waals surface area contributed by atoms with Gasteiger partial charge >= 0.3 is 0 Å². The molecule has 0 amide bonds. The van der Waals surface area contributed by atoms with Crippen molar-refractivity contribution in [1.29, 1.82) is 0 Å². The maximum atomic E-state index is 3.91. The molecule has 0 saturated heterocycles. The van der Waals surface area contributed by atoms with Crippen LogP contribution in [0.3, 0.4) is 0 Å². The maximum Gasteiger partial charge on any atom is -0.0351 e. The van der Waals surface area contributed by atoms with Crippen LogP contribution in [0.2, 0.25) is 0 Å². The van der Waals surface area contributed by atoms with E-state index in [1.165, 1.54) is 161 Å². The fraction of sp³-hybridized carbons (Fsp3) is 0.900. The molecule has 0 saturated carbocycles. The summed E-state index contributed by atoms with van der Waals surface area (Å²) < 4.78 is 0. The molecule has 0 heteroatoms. The Bertz CT molecular complexity index is 303. The van der Waals surface area contributed by atoms with Gasteiger partial charge in [-0.15, -0.1) is 0 Å². The first-order chi connectivity index (χ1) is 14.9. The van der Waals surface area contributed by atoms with Crippen LogP contribution in [0.15, 0.2) is 12.2 Å². The standard InChI is InChI=1S/C30H59/c1-3-5-7-9-11-13-15-17-19-21-23-25-27-29-30-28-26-24-22-20-18-16-14-12-10-8-6-4-2/h21,23H,1,3-20,22,24-30H2,2H3. The molecule has 179 valence electrons. The maximum absolute atomic E-state index is 3.91. The number of rotatable bonds is 26. The minimum atomic E-state index is 1.12. The predicted octanol–water partition coefficient (Wildman–Crippen LogP) is 11.5. The molecule has 30 heavy (non-hydrogen) atoms. The van der Waals surface area contributed by atoms with Gasteiger partial charge < -0.3 is 0 Å². The van der Waals surface area contributed by atoms with Crippen molar-refractivity contribution in [1.82, 2.24) is 0 Å².